The molecule has 3 aromatic rings. The van der Waals surface area contributed by atoms with Crippen molar-refractivity contribution in [3.05, 3.63) is 34.6 Å². The SMILES string of the molecule is Cc1ccc2c(NC(=O)N3c4nc(C(=O)O)c(Cl)cc4N4CCC3C4)n[nH]c2n1. The van der Waals surface area contributed by atoms with E-state index in [2.05, 4.69) is 30.4 Å². The van der Waals surface area contributed by atoms with Crippen molar-refractivity contribution >= 4 is 52.0 Å². The molecule has 2 aliphatic heterocycles. The van der Waals surface area contributed by atoms with E-state index in [0.717, 1.165) is 18.7 Å². The number of halogens is 1. The molecule has 0 spiro atoms. The van der Waals surface area contributed by atoms with Gasteiger partial charge in [-0.25, -0.2) is 19.6 Å². The molecule has 148 valence electrons. The number of carbonyl (C=O) groups is 2. The first-order valence-corrected chi connectivity index (χ1v) is 9.41. The van der Waals surface area contributed by atoms with Crippen molar-refractivity contribution in [2.75, 3.05) is 28.2 Å². The Labute approximate surface area is 169 Å². The number of fused-ring (bicyclic) bond motifs is 5. The number of pyridine rings is 2. The number of carboxylic acid groups (broad SMARTS) is 1. The summed E-state index contributed by atoms with van der Waals surface area (Å²) in [6.45, 7) is 3.24. The topological polar surface area (TPSA) is 127 Å². The molecule has 1 saturated heterocycles. The number of hydrogen-bond acceptors (Lipinski definition) is 6. The Morgan fingerprint density at radius 1 is 1.34 bits per heavy atom. The number of anilines is 3. The van der Waals surface area contributed by atoms with E-state index in [1.165, 1.54) is 4.90 Å². The Morgan fingerprint density at radius 3 is 2.97 bits per heavy atom. The van der Waals surface area contributed by atoms with Crippen LogP contribution in [-0.4, -0.2) is 56.4 Å². The number of carbonyl (C=O) groups excluding carboxylic acids is 1. The minimum absolute atomic E-state index is 0.0432. The number of aromatic amines is 1. The van der Waals surface area contributed by atoms with Crippen molar-refractivity contribution in [1.29, 1.82) is 0 Å². The fourth-order valence-corrected chi connectivity index (χ4v) is 4.12. The molecular weight excluding hydrogens is 398 g/mol. The molecule has 2 aliphatic rings. The number of rotatable bonds is 2. The Morgan fingerprint density at radius 2 is 2.17 bits per heavy atom. The first-order valence-electron chi connectivity index (χ1n) is 9.03. The summed E-state index contributed by atoms with van der Waals surface area (Å²) >= 11 is 6.10. The lowest BCUT2D eigenvalue weighted by Gasteiger charge is -2.35. The third-order valence-corrected chi connectivity index (χ3v) is 5.53. The number of urea groups is 1. The second-order valence-electron chi connectivity index (χ2n) is 7.08. The zero-order chi connectivity index (χ0) is 20.3. The normalized spacial score (nSPS) is 17.5. The van der Waals surface area contributed by atoms with Gasteiger partial charge in [-0.3, -0.25) is 15.3 Å². The highest BCUT2D eigenvalue weighted by molar-refractivity contribution is 6.33. The lowest BCUT2D eigenvalue weighted by atomic mass is 10.1. The molecule has 2 amide bonds. The molecule has 5 rings (SSSR count). The Hall–Kier alpha value is -3.40. The highest BCUT2D eigenvalue weighted by atomic mass is 35.5. The molecule has 10 nitrogen and oxygen atoms in total. The number of hydrogen-bond donors (Lipinski definition) is 3. The van der Waals surface area contributed by atoms with Crippen LogP contribution in [0.4, 0.5) is 22.1 Å². The summed E-state index contributed by atoms with van der Waals surface area (Å²) in [7, 11) is 0. The van der Waals surface area contributed by atoms with E-state index in [-0.39, 0.29) is 22.6 Å². The van der Waals surface area contributed by atoms with Gasteiger partial charge < -0.3 is 10.0 Å². The molecule has 2 bridgehead atoms. The van der Waals surface area contributed by atoms with Crippen molar-refractivity contribution in [3.63, 3.8) is 0 Å². The molecule has 29 heavy (non-hydrogen) atoms. The van der Waals surface area contributed by atoms with Crippen LogP contribution in [0.5, 0.6) is 0 Å². The summed E-state index contributed by atoms with van der Waals surface area (Å²) in [4.78, 5) is 36.8. The first kappa shape index (κ1) is 17.7. The van der Waals surface area contributed by atoms with Crippen molar-refractivity contribution < 1.29 is 14.7 Å². The zero-order valence-electron chi connectivity index (χ0n) is 15.3. The minimum Gasteiger partial charge on any atom is -0.476 e. The molecule has 11 heteroatoms. The van der Waals surface area contributed by atoms with Gasteiger partial charge in [0.05, 0.1) is 22.1 Å². The summed E-state index contributed by atoms with van der Waals surface area (Å²) in [6.07, 6.45) is 0.742. The van der Waals surface area contributed by atoms with Crippen LogP contribution in [0.2, 0.25) is 5.02 Å². The van der Waals surface area contributed by atoms with Crippen LogP contribution in [0.3, 0.4) is 0 Å². The number of amides is 2. The number of carboxylic acids is 1. The molecular formula is C18H16ClN7O3. The van der Waals surface area contributed by atoms with Crippen molar-refractivity contribution in [2.45, 2.75) is 19.4 Å². The van der Waals surface area contributed by atoms with Crippen LogP contribution in [0.15, 0.2) is 18.2 Å². The van der Waals surface area contributed by atoms with E-state index >= 15 is 0 Å². The highest BCUT2D eigenvalue weighted by Gasteiger charge is 2.41. The van der Waals surface area contributed by atoms with Crippen LogP contribution in [0, 0.1) is 6.92 Å². The standard InChI is InChI=1S/C18H16ClN7O3/c1-8-2-3-10-14(20-8)23-24-15(10)22-18(29)26-9-4-5-25(7-9)12-6-11(19)13(17(27)28)21-16(12)26/h2-3,6,9H,4-5,7H2,1H3,(H,27,28)(H2,20,22,23,24,29). The van der Waals surface area contributed by atoms with Crippen LogP contribution in [0.25, 0.3) is 11.0 Å². The largest absolute Gasteiger partial charge is 0.476 e. The molecule has 0 saturated carbocycles. The smallest absolute Gasteiger partial charge is 0.356 e. The highest BCUT2D eigenvalue weighted by Crippen LogP contribution is 2.41. The van der Waals surface area contributed by atoms with E-state index in [4.69, 9.17) is 11.6 Å². The first-order chi connectivity index (χ1) is 13.9. The molecule has 3 N–H and O–H groups in total. The average Bonchev–Trinajstić information content (AvgIpc) is 3.27. The molecule has 0 aromatic carbocycles. The van der Waals surface area contributed by atoms with E-state index in [1.54, 1.807) is 6.07 Å². The number of aromatic carboxylic acids is 1. The van der Waals surface area contributed by atoms with Gasteiger partial charge in [-0.2, -0.15) is 5.10 Å². The zero-order valence-corrected chi connectivity index (χ0v) is 16.1. The number of aromatic nitrogens is 4. The lowest BCUT2D eigenvalue weighted by Crippen LogP contribution is -2.48. The molecule has 1 unspecified atom stereocenters. The van der Waals surface area contributed by atoms with Crippen LogP contribution in [-0.2, 0) is 0 Å². The maximum absolute atomic E-state index is 13.2. The predicted octanol–water partition coefficient (Wildman–Crippen LogP) is 2.64. The molecule has 3 aromatic heterocycles. The van der Waals surface area contributed by atoms with Gasteiger partial charge in [0.2, 0.25) is 0 Å². The van der Waals surface area contributed by atoms with Gasteiger partial charge in [0.15, 0.2) is 23.0 Å². The number of aryl methyl sites for hydroxylation is 1. The molecule has 1 fully saturated rings. The second kappa shape index (κ2) is 6.31. The maximum Gasteiger partial charge on any atom is 0.356 e. The van der Waals surface area contributed by atoms with Gasteiger partial charge in [0, 0.05) is 18.8 Å². The third-order valence-electron chi connectivity index (χ3n) is 5.24. The summed E-state index contributed by atoms with van der Waals surface area (Å²) < 4.78 is 0. The van der Waals surface area contributed by atoms with Gasteiger partial charge >= 0.3 is 12.0 Å². The number of H-pyrrole nitrogens is 1. The third kappa shape index (κ3) is 2.75. The fourth-order valence-electron chi connectivity index (χ4n) is 3.89. The Kier molecular flexibility index (Phi) is 3.85. The predicted molar refractivity (Wildman–Crippen MR) is 107 cm³/mol. The van der Waals surface area contributed by atoms with Crippen LogP contribution < -0.4 is 15.1 Å². The monoisotopic (exact) mass is 413 g/mol. The van der Waals surface area contributed by atoms with Gasteiger partial charge in [0.1, 0.15) is 0 Å². The summed E-state index contributed by atoms with van der Waals surface area (Å²) in [5.74, 6) is -0.607. The van der Waals surface area contributed by atoms with Crippen molar-refractivity contribution in [3.8, 4) is 0 Å². The van der Waals surface area contributed by atoms with Gasteiger partial charge in [-0.05, 0) is 31.5 Å². The maximum atomic E-state index is 13.2. The van der Waals surface area contributed by atoms with Gasteiger partial charge in [0.25, 0.3) is 0 Å². The van der Waals surface area contributed by atoms with Gasteiger partial charge in [-0.15, -0.1) is 0 Å². The van der Waals surface area contributed by atoms with Crippen molar-refractivity contribution in [2.24, 2.45) is 0 Å². The molecule has 0 radical (unpaired) electrons. The average molecular weight is 414 g/mol. The lowest BCUT2D eigenvalue weighted by molar-refractivity contribution is 0.0690. The summed E-state index contributed by atoms with van der Waals surface area (Å²) in [6, 6.07) is 4.67. The fraction of sp³-hybridized carbons (Fsp3) is 0.278. The van der Waals surface area contributed by atoms with E-state index in [9.17, 15) is 14.7 Å². The number of nitrogens with one attached hydrogen (secondary N) is 2. The molecule has 0 aliphatic carbocycles. The Balaban J connectivity index is 1.54. The van der Waals surface area contributed by atoms with Crippen molar-refractivity contribution in [1.82, 2.24) is 20.2 Å². The van der Waals surface area contributed by atoms with Crippen LogP contribution >= 0.6 is 11.6 Å². The van der Waals surface area contributed by atoms with E-state index in [0.29, 0.717) is 29.1 Å². The minimum atomic E-state index is -1.24. The quantitative estimate of drug-likeness (QED) is 0.589. The van der Waals surface area contributed by atoms with E-state index in [1.807, 2.05) is 19.1 Å². The number of nitrogens with zero attached hydrogens (tertiary/aromatic N) is 5. The summed E-state index contributed by atoms with van der Waals surface area (Å²) in [5, 5.41) is 19.9. The molecule has 1 atom stereocenters. The second-order valence-corrected chi connectivity index (χ2v) is 7.48. The summed E-state index contributed by atoms with van der Waals surface area (Å²) in [5.41, 5.74) is 1.77. The molecule has 5 heterocycles. The Bertz CT molecular complexity index is 1180. The van der Waals surface area contributed by atoms with Gasteiger partial charge in [-0.1, -0.05) is 11.6 Å². The van der Waals surface area contributed by atoms with E-state index < -0.39 is 12.0 Å². The van der Waals surface area contributed by atoms with Crippen LogP contribution in [0.1, 0.15) is 22.6 Å².